The second-order valence-electron chi connectivity index (χ2n) is 4.83. The maximum Gasteiger partial charge on any atom is 0.348 e. The molecule has 0 aromatic heterocycles. The second-order valence-corrected chi connectivity index (χ2v) is 6.56. The van der Waals surface area contributed by atoms with Gasteiger partial charge in [0.1, 0.15) is 24.0 Å². The molecule has 0 fully saturated rings. The minimum atomic E-state index is -0.720. The normalized spacial score (nSPS) is 10.9. The standard InChI is InChI=1S/C18H12BrCl2NO3/c1-24-18(23)12(9-22)7-11-8-13(19)5-6-17(11)25-10-14-15(20)3-2-4-16(14)21/h2-8H,10H2,1H3/b12-7-. The number of esters is 1. The van der Waals surface area contributed by atoms with Gasteiger partial charge in [-0.1, -0.05) is 45.2 Å². The topological polar surface area (TPSA) is 59.3 Å². The molecule has 0 saturated carbocycles. The van der Waals surface area contributed by atoms with Crippen molar-refractivity contribution in [2.24, 2.45) is 0 Å². The molecule has 2 aromatic rings. The fraction of sp³-hybridized carbons (Fsp3) is 0.111. The van der Waals surface area contributed by atoms with Gasteiger partial charge in [-0.3, -0.25) is 0 Å². The molecule has 0 amide bonds. The van der Waals surface area contributed by atoms with Crippen molar-refractivity contribution in [3.8, 4) is 11.8 Å². The lowest BCUT2D eigenvalue weighted by Crippen LogP contribution is -2.03. The predicted molar refractivity (Wildman–Crippen MR) is 101 cm³/mol. The molecular formula is C18H12BrCl2NO3. The monoisotopic (exact) mass is 439 g/mol. The first-order valence-corrected chi connectivity index (χ1v) is 8.56. The maximum absolute atomic E-state index is 11.6. The number of ether oxygens (including phenoxy) is 2. The van der Waals surface area contributed by atoms with E-state index in [1.54, 1.807) is 36.4 Å². The smallest absolute Gasteiger partial charge is 0.348 e. The molecule has 128 valence electrons. The summed E-state index contributed by atoms with van der Waals surface area (Å²) in [7, 11) is 1.21. The van der Waals surface area contributed by atoms with Gasteiger partial charge in [0.2, 0.25) is 0 Å². The molecule has 0 radical (unpaired) electrons. The molecule has 4 nitrogen and oxygen atoms in total. The van der Waals surface area contributed by atoms with Gasteiger partial charge in [0.05, 0.1) is 7.11 Å². The quantitative estimate of drug-likeness (QED) is 0.354. The van der Waals surface area contributed by atoms with Crippen LogP contribution in [0.25, 0.3) is 6.08 Å². The highest BCUT2D eigenvalue weighted by atomic mass is 79.9. The molecule has 2 rings (SSSR count). The van der Waals surface area contributed by atoms with Crippen molar-refractivity contribution < 1.29 is 14.3 Å². The minimum Gasteiger partial charge on any atom is -0.488 e. The number of rotatable bonds is 5. The molecule has 0 bridgehead atoms. The lowest BCUT2D eigenvalue weighted by Gasteiger charge is -2.12. The van der Waals surface area contributed by atoms with E-state index in [1.165, 1.54) is 13.2 Å². The van der Waals surface area contributed by atoms with Crippen LogP contribution < -0.4 is 4.74 Å². The van der Waals surface area contributed by atoms with E-state index in [2.05, 4.69) is 20.7 Å². The second kappa shape index (κ2) is 8.91. The molecule has 0 aliphatic heterocycles. The number of nitrogens with zero attached hydrogens (tertiary/aromatic N) is 1. The Morgan fingerprint density at radius 3 is 2.56 bits per heavy atom. The highest BCUT2D eigenvalue weighted by molar-refractivity contribution is 9.10. The number of carbonyl (C=O) groups is 1. The van der Waals surface area contributed by atoms with Crippen LogP contribution in [0.5, 0.6) is 5.75 Å². The van der Waals surface area contributed by atoms with Crippen LogP contribution in [0, 0.1) is 11.3 Å². The van der Waals surface area contributed by atoms with Gasteiger partial charge in [-0.2, -0.15) is 5.26 Å². The van der Waals surface area contributed by atoms with E-state index in [4.69, 9.17) is 33.2 Å². The average Bonchev–Trinajstić information content (AvgIpc) is 2.60. The predicted octanol–water partition coefficient (Wildman–Crippen LogP) is 5.41. The highest BCUT2D eigenvalue weighted by Crippen LogP contribution is 2.29. The van der Waals surface area contributed by atoms with Crippen LogP contribution in [-0.2, 0) is 16.1 Å². The first-order chi connectivity index (χ1) is 12.0. The number of hydrogen-bond donors (Lipinski definition) is 0. The first kappa shape index (κ1) is 19.3. The molecule has 0 aliphatic rings. The first-order valence-electron chi connectivity index (χ1n) is 7.01. The molecule has 0 aliphatic carbocycles. The third-order valence-electron chi connectivity index (χ3n) is 3.23. The summed E-state index contributed by atoms with van der Waals surface area (Å²) in [5.74, 6) is -0.251. The lowest BCUT2D eigenvalue weighted by atomic mass is 10.1. The third kappa shape index (κ3) is 4.99. The fourth-order valence-electron chi connectivity index (χ4n) is 1.99. The number of nitriles is 1. The van der Waals surface area contributed by atoms with Crippen molar-refractivity contribution in [3.05, 3.63) is 67.6 Å². The van der Waals surface area contributed by atoms with Crippen LogP contribution in [0.1, 0.15) is 11.1 Å². The zero-order chi connectivity index (χ0) is 18.4. The van der Waals surface area contributed by atoms with Crippen LogP contribution >= 0.6 is 39.1 Å². The Bertz CT molecular complexity index is 855. The Balaban J connectivity index is 2.35. The van der Waals surface area contributed by atoms with Crippen LogP contribution in [0.3, 0.4) is 0 Å². The number of benzene rings is 2. The summed E-state index contributed by atoms with van der Waals surface area (Å²) in [6.45, 7) is 0.140. The number of hydrogen-bond acceptors (Lipinski definition) is 4. The van der Waals surface area contributed by atoms with E-state index in [0.29, 0.717) is 26.9 Å². The largest absolute Gasteiger partial charge is 0.488 e. The van der Waals surface area contributed by atoms with E-state index in [0.717, 1.165) is 4.47 Å². The van der Waals surface area contributed by atoms with Crippen LogP contribution in [0.4, 0.5) is 0 Å². The summed E-state index contributed by atoms with van der Waals surface area (Å²) in [6.07, 6.45) is 1.40. The third-order valence-corrected chi connectivity index (χ3v) is 4.43. The Hall–Kier alpha value is -2.00. The minimum absolute atomic E-state index is 0.138. The lowest BCUT2D eigenvalue weighted by molar-refractivity contribution is -0.135. The van der Waals surface area contributed by atoms with Gasteiger partial charge in [0.15, 0.2) is 0 Å². The van der Waals surface area contributed by atoms with Crippen molar-refractivity contribution in [2.75, 3.05) is 7.11 Å². The van der Waals surface area contributed by atoms with E-state index in [-0.39, 0.29) is 12.2 Å². The van der Waals surface area contributed by atoms with Gasteiger partial charge in [-0.05, 0) is 36.4 Å². The van der Waals surface area contributed by atoms with Crippen molar-refractivity contribution in [1.29, 1.82) is 5.26 Å². The molecular weight excluding hydrogens is 429 g/mol. The van der Waals surface area contributed by atoms with E-state index >= 15 is 0 Å². The Morgan fingerprint density at radius 2 is 1.96 bits per heavy atom. The van der Waals surface area contributed by atoms with Gasteiger partial charge >= 0.3 is 5.97 Å². The SMILES string of the molecule is COC(=O)/C(C#N)=C\c1cc(Br)ccc1OCc1c(Cl)cccc1Cl. The summed E-state index contributed by atoms with van der Waals surface area (Å²) in [6, 6.07) is 12.2. The summed E-state index contributed by atoms with van der Waals surface area (Å²) >= 11 is 15.6. The van der Waals surface area contributed by atoms with Crippen LogP contribution in [0.15, 0.2) is 46.4 Å². The Labute approximate surface area is 163 Å². The maximum atomic E-state index is 11.6. The van der Waals surface area contributed by atoms with Crippen molar-refractivity contribution in [3.63, 3.8) is 0 Å². The van der Waals surface area contributed by atoms with E-state index < -0.39 is 5.97 Å². The molecule has 25 heavy (non-hydrogen) atoms. The fourth-order valence-corrected chi connectivity index (χ4v) is 2.87. The number of halogens is 3. The summed E-state index contributed by atoms with van der Waals surface area (Å²) in [5.41, 5.74) is 1.05. The van der Waals surface area contributed by atoms with Crippen LogP contribution in [-0.4, -0.2) is 13.1 Å². The van der Waals surface area contributed by atoms with Crippen molar-refractivity contribution in [1.82, 2.24) is 0 Å². The molecule has 0 saturated heterocycles. The molecule has 2 aromatic carbocycles. The van der Waals surface area contributed by atoms with Crippen molar-refractivity contribution in [2.45, 2.75) is 6.61 Å². The zero-order valence-corrected chi connectivity index (χ0v) is 16.2. The van der Waals surface area contributed by atoms with Crippen LogP contribution in [0.2, 0.25) is 10.0 Å². The molecule has 7 heteroatoms. The van der Waals surface area contributed by atoms with Gasteiger partial charge in [-0.25, -0.2) is 4.79 Å². The summed E-state index contributed by atoms with van der Waals surface area (Å²) < 4.78 is 11.2. The van der Waals surface area contributed by atoms with Gasteiger partial charge < -0.3 is 9.47 Å². The van der Waals surface area contributed by atoms with E-state index in [1.807, 2.05) is 6.07 Å². The Morgan fingerprint density at radius 1 is 1.28 bits per heavy atom. The van der Waals surface area contributed by atoms with Gasteiger partial charge in [0, 0.05) is 25.6 Å². The molecule has 0 spiro atoms. The van der Waals surface area contributed by atoms with E-state index in [9.17, 15) is 4.79 Å². The van der Waals surface area contributed by atoms with Gasteiger partial charge in [0.25, 0.3) is 0 Å². The number of carbonyl (C=O) groups excluding carboxylic acids is 1. The molecule has 0 atom stereocenters. The van der Waals surface area contributed by atoms with Gasteiger partial charge in [-0.15, -0.1) is 0 Å². The zero-order valence-electron chi connectivity index (χ0n) is 13.1. The molecule has 0 unspecified atom stereocenters. The summed E-state index contributed by atoms with van der Waals surface area (Å²) in [5, 5.41) is 10.1. The molecule has 0 N–H and O–H groups in total. The number of methoxy groups -OCH3 is 1. The van der Waals surface area contributed by atoms with Crippen molar-refractivity contribution >= 4 is 51.2 Å². The highest BCUT2D eigenvalue weighted by Gasteiger charge is 2.12. The average molecular weight is 441 g/mol. The molecule has 0 heterocycles. The Kier molecular flexibility index (Phi) is 6.89. The summed E-state index contributed by atoms with van der Waals surface area (Å²) in [4.78, 5) is 11.6.